The molecule has 0 radical (unpaired) electrons. The smallest absolute Gasteiger partial charge is 0.194 e. The summed E-state index contributed by atoms with van der Waals surface area (Å²) in [7, 11) is -0.815. The highest BCUT2D eigenvalue weighted by Crippen LogP contribution is 2.20. The average molecular weight is 512 g/mol. The molecule has 1 aliphatic carbocycles. The first-order valence-electron chi connectivity index (χ1n) is 9.05. The summed E-state index contributed by atoms with van der Waals surface area (Å²) in [6.45, 7) is 3.31. The highest BCUT2D eigenvalue weighted by molar-refractivity contribution is 14.0. The number of aromatic nitrogens is 1. The largest absolute Gasteiger partial charge is 0.354 e. The number of thiazole rings is 1. The lowest BCUT2D eigenvalue weighted by atomic mass is 10.1. The zero-order valence-corrected chi connectivity index (χ0v) is 19.4. The molecule has 1 N–H and O–H groups in total. The Kier molecular flexibility index (Phi) is 8.14. The first kappa shape index (κ1) is 21.9. The summed E-state index contributed by atoms with van der Waals surface area (Å²) in [6.07, 6.45) is 5.63. The maximum Gasteiger partial charge on any atom is 0.194 e. The third kappa shape index (κ3) is 6.33. The molecule has 2 fully saturated rings. The van der Waals surface area contributed by atoms with Gasteiger partial charge >= 0.3 is 0 Å². The van der Waals surface area contributed by atoms with E-state index in [1.54, 1.807) is 11.3 Å². The van der Waals surface area contributed by atoms with Crippen LogP contribution in [0.15, 0.2) is 10.4 Å². The lowest BCUT2D eigenvalue weighted by Gasteiger charge is -2.25. The van der Waals surface area contributed by atoms with Crippen LogP contribution in [0.1, 0.15) is 42.8 Å². The van der Waals surface area contributed by atoms with Crippen LogP contribution in [0.25, 0.3) is 0 Å². The van der Waals surface area contributed by atoms with Gasteiger partial charge in [0.15, 0.2) is 15.8 Å². The third-order valence-electron chi connectivity index (χ3n) is 4.94. The lowest BCUT2D eigenvalue weighted by molar-refractivity contribution is 0.449. The van der Waals surface area contributed by atoms with Gasteiger partial charge in [-0.2, -0.15) is 0 Å². The van der Waals surface area contributed by atoms with Crippen LogP contribution in [0.3, 0.4) is 0 Å². The number of hydrogen-bond donors (Lipinski definition) is 1. The molecule has 0 spiro atoms. The number of hydrogen-bond acceptors (Lipinski definition) is 5. The van der Waals surface area contributed by atoms with Crippen molar-refractivity contribution in [2.24, 2.45) is 10.9 Å². The van der Waals surface area contributed by atoms with Crippen molar-refractivity contribution in [1.82, 2.24) is 15.2 Å². The van der Waals surface area contributed by atoms with Crippen molar-refractivity contribution in [3.8, 4) is 0 Å². The van der Waals surface area contributed by atoms with Crippen LogP contribution in [0.4, 0.5) is 0 Å². The van der Waals surface area contributed by atoms with Gasteiger partial charge in [-0.25, -0.2) is 13.4 Å². The fourth-order valence-corrected chi connectivity index (χ4v) is 6.01. The monoisotopic (exact) mass is 512 g/mol. The Balaban J connectivity index is 0.00000243. The van der Waals surface area contributed by atoms with Gasteiger partial charge in [-0.1, -0.05) is 12.8 Å². The Bertz CT molecular complexity index is 714. The molecule has 1 atom stereocenters. The standard InChI is InChI=1S/C17H28N4O2S2.HI/c1-13-19-16(11-24-13)10-21(2)17(20-15-5-3-4-6-15)18-9-14-7-8-25(22,23)12-14;/h11,14-15H,3-10,12H2,1-2H3,(H,18,20);1H. The second-order valence-corrected chi connectivity index (χ2v) is 10.6. The fraction of sp³-hybridized carbons (Fsp3) is 0.765. The predicted molar refractivity (Wildman–Crippen MR) is 118 cm³/mol. The van der Waals surface area contributed by atoms with Gasteiger partial charge in [0.05, 0.1) is 28.8 Å². The van der Waals surface area contributed by atoms with E-state index in [4.69, 9.17) is 4.99 Å². The molecule has 0 bridgehead atoms. The molecule has 1 aliphatic heterocycles. The van der Waals surface area contributed by atoms with Gasteiger partial charge in [0.25, 0.3) is 0 Å². The van der Waals surface area contributed by atoms with Gasteiger partial charge in [-0.15, -0.1) is 35.3 Å². The second-order valence-electron chi connectivity index (χ2n) is 7.27. The van der Waals surface area contributed by atoms with E-state index in [0.29, 0.717) is 24.9 Å². The Hall–Kier alpha value is -0.420. The zero-order valence-electron chi connectivity index (χ0n) is 15.5. The SMILES string of the molecule is Cc1nc(CN(C)C(=NCC2CCS(=O)(=O)C2)NC2CCCC2)cs1.I. The Morgan fingerprint density at radius 2 is 2.12 bits per heavy atom. The van der Waals surface area contributed by atoms with Crippen molar-refractivity contribution in [1.29, 1.82) is 0 Å². The number of sulfone groups is 1. The van der Waals surface area contributed by atoms with E-state index in [-0.39, 0.29) is 35.6 Å². The highest BCUT2D eigenvalue weighted by atomic mass is 127. The molecule has 0 amide bonds. The molecule has 2 aliphatic rings. The molecule has 6 nitrogen and oxygen atoms in total. The summed E-state index contributed by atoms with van der Waals surface area (Å²) >= 11 is 1.66. The van der Waals surface area contributed by atoms with Gasteiger partial charge in [0.1, 0.15) is 0 Å². The summed E-state index contributed by atoms with van der Waals surface area (Å²) in [6, 6.07) is 0.477. The summed E-state index contributed by atoms with van der Waals surface area (Å²) in [5.41, 5.74) is 1.05. The molecular weight excluding hydrogens is 483 g/mol. The zero-order chi connectivity index (χ0) is 17.9. The molecule has 1 unspecified atom stereocenters. The Morgan fingerprint density at radius 1 is 1.38 bits per heavy atom. The molecule has 1 aromatic heterocycles. The normalized spacial score (nSPS) is 23.0. The number of nitrogens with zero attached hydrogens (tertiary/aromatic N) is 3. The van der Waals surface area contributed by atoms with Gasteiger partial charge in [0, 0.05) is 25.0 Å². The van der Waals surface area contributed by atoms with Crippen LogP contribution in [-0.4, -0.2) is 55.4 Å². The van der Waals surface area contributed by atoms with E-state index in [9.17, 15) is 8.42 Å². The van der Waals surface area contributed by atoms with Crippen molar-refractivity contribution in [3.05, 3.63) is 16.1 Å². The van der Waals surface area contributed by atoms with E-state index < -0.39 is 9.84 Å². The van der Waals surface area contributed by atoms with E-state index in [2.05, 4.69) is 20.6 Å². The molecule has 0 aromatic carbocycles. The van der Waals surface area contributed by atoms with E-state index >= 15 is 0 Å². The predicted octanol–water partition coefficient (Wildman–Crippen LogP) is 2.82. The van der Waals surface area contributed by atoms with Crippen LogP contribution in [-0.2, 0) is 16.4 Å². The van der Waals surface area contributed by atoms with Crippen molar-refractivity contribution in [2.75, 3.05) is 25.1 Å². The van der Waals surface area contributed by atoms with Crippen LogP contribution in [0.2, 0.25) is 0 Å². The molecule has 1 saturated heterocycles. The fourth-order valence-electron chi connectivity index (χ4n) is 3.56. The first-order valence-corrected chi connectivity index (χ1v) is 11.7. The Morgan fingerprint density at radius 3 is 2.69 bits per heavy atom. The second kappa shape index (κ2) is 9.68. The van der Waals surface area contributed by atoms with Gasteiger partial charge < -0.3 is 10.2 Å². The first-order chi connectivity index (χ1) is 11.9. The topological polar surface area (TPSA) is 74.7 Å². The number of aliphatic imine (C=N–C) groups is 1. The van der Waals surface area contributed by atoms with Gasteiger partial charge in [-0.3, -0.25) is 4.99 Å². The lowest BCUT2D eigenvalue weighted by Crippen LogP contribution is -2.43. The molecule has 1 saturated carbocycles. The van der Waals surface area contributed by atoms with Crippen molar-refractivity contribution in [3.63, 3.8) is 0 Å². The molecule has 148 valence electrons. The maximum atomic E-state index is 11.7. The summed E-state index contributed by atoms with van der Waals surface area (Å²) < 4.78 is 23.3. The molecular formula is C17H29IN4O2S2. The summed E-state index contributed by atoms with van der Waals surface area (Å²) in [5, 5.41) is 6.75. The maximum absolute atomic E-state index is 11.7. The van der Waals surface area contributed by atoms with Crippen molar-refractivity contribution in [2.45, 2.75) is 51.6 Å². The minimum Gasteiger partial charge on any atom is -0.354 e. The molecule has 3 rings (SSSR count). The number of rotatable bonds is 5. The van der Waals surface area contributed by atoms with Crippen molar-refractivity contribution < 1.29 is 8.42 Å². The third-order valence-corrected chi connectivity index (χ3v) is 7.60. The number of halogens is 1. The minimum atomic E-state index is -2.84. The van der Waals surface area contributed by atoms with E-state index in [0.717, 1.165) is 23.1 Å². The average Bonchev–Trinajstić information content (AvgIpc) is 3.26. The van der Waals surface area contributed by atoms with Gasteiger partial charge in [-0.05, 0) is 32.1 Å². The van der Waals surface area contributed by atoms with Crippen LogP contribution in [0, 0.1) is 12.8 Å². The Labute approximate surface area is 177 Å². The minimum absolute atomic E-state index is 0. The number of guanidine groups is 1. The molecule has 1 aromatic rings. The van der Waals surface area contributed by atoms with Crippen molar-refractivity contribution >= 4 is 51.1 Å². The highest BCUT2D eigenvalue weighted by Gasteiger charge is 2.28. The number of nitrogens with one attached hydrogen (secondary N) is 1. The summed E-state index contributed by atoms with van der Waals surface area (Å²) in [4.78, 5) is 11.4. The number of aryl methyl sites for hydroxylation is 1. The molecule has 2 heterocycles. The van der Waals surface area contributed by atoms with E-state index in [1.165, 1.54) is 25.7 Å². The molecule has 9 heteroatoms. The van der Waals surface area contributed by atoms with Crippen LogP contribution in [0.5, 0.6) is 0 Å². The van der Waals surface area contributed by atoms with Crippen LogP contribution < -0.4 is 5.32 Å². The summed E-state index contributed by atoms with van der Waals surface area (Å²) in [5.74, 6) is 1.62. The molecule has 26 heavy (non-hydrogen) atoms. The van der Waals surface area contributed by atoms with E-state index in [1.807, 2.05) is 14.0 Å². The van der Waals surface area contributed by atoms with Gasteiger partial charge in [0.2, 0.25) is 0 Å². The van der Waals surface area contributed by atoms with Crippen LogP contribution >= 0.6 is 35.3 Å². The quantitative estimate of drug-likeness (QED) is 0.373.